The molecular formula is C16H17N2+. The number of fused-ring (bicyclic) bond motifs is 1. The minimum Gasteiger partial charge on any atom is -0.347 e. The van der Waals surface area contributed by atoms with Crippen LogP contribution in [0.25, 0.3) is 10.9 Å². The van der Waals surface area contributed by atoms with Gasteiger partial charge in [0.05, 0.1) is 0 Å². The minimum absolute atomic E-state index is 1.03. The van der Waals surface area contributed by atoms with Crippen LogP contribution < -0.4 is 4.57 Å². The molecule has 0 saturated carbocycles. The maximum absolute atomic E-state index is 2.32. The Morgan fingerprint density at radius 1 is 1.00 bits per heavy atom. The summed E-state index contributed by atoms with van der Waals surface area (Å²) in [6, 6.07) is 15.1. The minimum atomic E-state index is 1.03. The monoisotopic (exact) mass is 237 g/mol. The lowest BCUT2D eigenvalue weighted by Crippen LogP contribution is -2.26. The summed E-state index contributed by atoms with van der Waals surface area (Å²) in [5.74, 6) is 0. The van der Waals surface area contributed by atoms with Crippen LogP contribution in [-0.4, -0.2) is 4.57 Å². The molecule has 0 aliphatic heterocycles. The van der Waals surface area contributed by atoms with Gasteiger partial charge in [-0.3, -0.25) is 0 Å². The van der Waals surface area contributed by atoms with Crippen LogP contribution >= 0.6 is 0 Å². The summed E-state index contributed by atoms with van der Waals surface area (Å²) in [6.45, 7) is 1.03. The highest BCUT2D eigenvalue weighted by Gasteiger charge is 2.01. The molecule has 2 heterocycles. The van der Waals surface area contributed by atoms with Gasteiger partial charge in [0.15, 0.2) is 12.4 Å². The molecule has 0 radical (unpaired) electrons. The molecule has 0 spiro atoms. The highest BCUT2D eigenvalue weighted by molar-refractivity contribution is 5.79. The molecule has 3 aromatic rings. The van der Waals surface area contributed by atoms with Gasteiger partial charge in [-0.1, -0.05) is 18.2 Å². The van der Waals surface area contributed by atoms with Gasteiger partial charge in [-0.25, -0.2) is 4.57 Å². The summed E-state index contributed by atoms with van der Waals surface area (Å²) in [6.07, 6.45) is 7.44. The van der Waals surface area contributed by atoms with Gasteiger partial charge >= 0.3 is 0 Å². The van der Waals surface area contributed by atoms with Crippen LogP contribution in [-0.2, 0) is 20.0 Å². The lowest BCUT2D eigenvalue weighted by atomic mass is 10.2. The van der Waals surface area contributed by atoms with Crippen molar-refractivity contribution in [3.05, 3.63) is 66.6 Å². The van der Waals surface area contributed by atoms with E-state index in [0.29, 0.717) is 0 Å². The summed E-state index contributed by atoms with van der Waals surface area (Å²) in [4.78, 5) is 0. The van der Waals surface area contributed by atoms with E-state index in [-0.39, 0.29) is 0 Å². The number of benzene rings is 1. The highest BCUT2D eigenvalue weighted by atomic mass is 14.9. The number of rotatable bonds is 3. The van der Waals surface area contributed by atoms with Crippen molar-refractivity contribution in [2.45, 2.75) is 13.0 Å². The second-order valence-electron chi connectivity index (χ2n) is 4.69. The summed E-state index contributed by atoms with van der Waals surface area (Å²) in [7, 11) is 2.04. The van der Waals surface area contributed by atoms with Crippen molar-refractivity contribution in [3.63, 3.8) is 0 Å². The number of hydrogen-bond donors (Lipinski definition) is 0. The highest BCUT2D eigenvalue weighted by Crippen LogP contribution is 2.15. The van der Waals surface area contributed by atoms with Gasteiger partial charge in [0.2, 0.25) is 0 Å². The molecule has 3 rings (SSSR count). The van der Waals surface area contributed by atoms with E-state index in [1.165, 1.54) is 16.5 Å². The predicted octanol–water partition coefficient (Wildman–Crippen LogP) is 2.71. The van der Waals surface area contributed by atoms with Gasteiger partial charge in [-0.2, -0.15) is 0 Å². The molecular weight excluding hydrogens is 220 g/mol. The summed E-state index contributed by atoms with van der Waals surface area (Å²) in [5, 5.41) is 1.32. The predicted molar refractivity (Wildman–Crippen MR) is 73.3 cm³/mol. The number of nitrogens with zero attached hydrogens (tertiary/aromatic N) is 2. The molecule has 0 unspecified atom stereocenters. The zero-order chi connectivity index (χ0) is 12.4. The molecule has 0 aliphatic carbocycles. The lowest BCUT2D eigenvalue weighted by Gasteiger charge is -2.05. The Balaban J connectivity index is 1.79. The Morgan fingerprint density at radius 2 is 1.78 bits per heavy atom. The molecule has 0 amide bonds. The van der Waals surface area contributed by atoms with Crippen LogP contribution in [0.1, 0.15) is 5.56 Å². The van der Waals surface area contributed by atoms with Crippen molar-refractivity contribution in [3.8, 4) is 0 Å². The first-order valence-corrected chi connectivity index (χ1v) is 6.31. The van der Waals surface area contributed by atoms with Gasteiger partial charge in [0.1, 0.15) is 7.05 Å². The van der Waals surface area contributed by atoms with Crippen molar-refractivity contribution in [2.75, 3.05) is 0 Å². The first kappa shape index (κ1) is 11.0. The molecule has 2 heteroatoms. The molecule has 2 aromatic heterocycles. The molecule has 0 bridgehead atoms. The largest absolute Gasteiger partial charge is 0.347 e. The molecule has 90 valence electrons. The van der Waals surface area contributed by atoms with Gasteiger partial charge in [-0.05, 0) is 29.5 Å². The van der Waals surface area contributed by atoms with Gasteiger partial charge in [0, 0.05) is 30.4 Å². The average molecular weight is 237 g/mol. The number of hydrogen-bond acceptors (Lipinski definition) is 0. The zero-order valence-electron chi connectivity index (χ0n) is 10.6. The van der Waals surface area contributed by atoms with E-state index in [1.807, 2.05) is 7.05 Å². The third-order valence-electron chi connectivity index (χ3n) is 3.37. The fourth-order valence-electron chi connectivity index (χ4n) is 2.28. The van der Waals surface area contributed by atoms with Crippen LogP contribution in [0.5, 0.6) is 0 Å². The topological polar surface area (TPSA) is 8.81 Å². The summed E-state index contributed by atoms with van der Waals surface area (Å²) >= 11 is 0. The first-order chi connectivity index (χ1) is 8.83. The van der Waals surface area contributed by atoms with E-state index in [9.17, 15) is 0 Å². The lowest BCUT2D eigenvalue weighted by molar-refractivity contribution is -0.671. The molecule has 0 aliphatic rings. The van der Waals surface area contributed by atoms with Crippen molar-refractivity contribution < 1.29 is 4.57 Å². The first-order valence-electron chi connectivity index (χ1n) is 6.31. The van der Waals surface area contributed by atoms with Crippen LogP contribution in [0.3, 0.4) is 0 Å². The fraction of sp³-hybridized carbons (Fsp3) is 0.188. The maximum Gasteiger partial charge on any atom is 0.168 e. The Labute approximate surface area is 107 Å². The number of para-hydroxylation sites is 1. The van der Waals surface area contributed by atoms with Crippen molar-refractivity contribution in [2.24, 2.45) is 7.05 Å². The van der Waals surface area contributed by atoms with Crippen LogP contribution in [0.2, 0.25) is 0 Å². The van der Waals surface area contributed by atoms with Crippen molar-refractivity contribution in [1.82, 2.24) is 4.57 Å². The Kier molecular flexibility index (Phi) is 2.85. The third kappa shape index (κ3) is 2.14. The Bertz CT molecular complexity index is 650. The average Bonchev–Trinajstić information content (AvgIpc) is 2.82. The van der Waals surface area contributed by atoms with E-state index in [4.69, 9.17) is 0 Å². The van der Waals surface area contributed by atoms with E-state index >= 15 is 0 Å². The molecule has 2 nitrogen and oxygen atoms in total. The van der Waals surface area contributed by atoms with E-state index < -0.39 is 0 Å². The van der Waals surface area contributed by atoms with Crippen molar-refractivity contribution in [1.29, 1.82) is 0 Å². The molecule has 1 aromatic carbocycles. The molecule has 0 fully saturated rings. The SMILES string of the molecule is C[n+]1ccc(CCn2ccc3ccccc32)cc1. The van der Waals surface area contributed by atoms with E-state index in [0.717, 1.165) is 13.0 Å². The molecule has 0 atom stereocenters. The fourth-order valence-corrected chi connectivity index (χ4v) is 2.28. The van der Waals surface area contributed by atoms with Crippen LogP contribution in [0, 0.1) is 0 Å². The normalized spacial score (nSPS) is 10.9. The standard InChI is InChI=1S/C16H17N2/c1-17-10-6-14(7-11-17)8-12-18-13-9-15-4-2-3-5-16(15)18/h2-7,9-11,13H,8,12H2,1H3/q+1. The smallest absolute Gasteiger partial charge is 0.168 e. The summed E-state index contributed by atoms with van der Waals surface area (Å²) < 4.78 is 4.39. The van der Waals surface area contributed by atoms with E-state index in [1.54, 1.807) is 0 Å². The van der Waals surface area contributed by atoms with Crippen molar-refractivity contribution >= 4 is 10.9 Å². The van der Waals surface area contributed by atoms with E-state index in [2.05, 4.69) is 70.2 Å². The second kappa shape index (κ2) is 4.65. The molecule has 0 saturated heterocycles. The van der Waals surface area contributed by atoms with Gasteiger partial charge in [0.25, 0.3) is 0 Å². The maximum atomic E-state index is 2.32. The molecule has 0 N–H and O–H groups in total. The number of aryl methyl sites for hydroxylation is 3. The Hall–Kier alpha value is -2.09. The number of pyridine rings is 1. The van der Waals surface area contributed by atoms with Crippen LogP contribution in [0.4, 0.5) is 0 Å². The second-order valence-corrected chi connectivity index (χ2v) is 4.69. The molecule has 18 heavy (non-hydrogen) atoms. The van der Waals surface area contributed by atoms with Gasteiger partial charge < -0.3 is 4.57 Å². The summed E-state index contributed by atoms with van der Waals surface area (Å²) in [5.41, 5.74) is 2.70. The third-order valence-corrected chi connectivity index (χ3v) is 3.37. The Morgan fingerprint density at radius 3 is 2.61 bits per heavy atom. The quantitative estimate of drug-likeness (QED) is 0.619. The zero-order valence-corrected chi connectivity index (χ0v) is 10.6. The number of aromatic nitrogens is 2. The van der Waals surface area contributed by atoms with Crippen LogP contribution in [0.15, 0.2) is 61.1 Å². The van der Waals surface area contributed by atoms with Gasteiger partial charge in [-0.15, -0.1) is 0 Å².